The molecule has 4 rings (SSSR count). The van der Waals surface area contributed by atoms with E-state index in [4.69, 9.17) is 4.98 Å². The molecule has 1 aliphatic heterocycles. The SMILES string of the molecule is Cc1cccc(-c2ccc(-c3cn4c(n3)CCCC4)cc2)c1. The molecule has 22 heavy (non-hydrogen) atoms. The second-order valence-corrected chi connectivity index (χ2v) is 6.14. The van der Waals surface area contributed by atoms with Gasteiger partial charge in [0.05, 0.1) is 5.69 Å². The van der Waals surface area contributed by atoms with Crippen molar-refractivity contribution in [3.8, 4) is 22.4 Å². The van der Waals surface area contributed by atoms with Crippen LogP contribution in [0.1, 0.15) is 24.2 Å². The van der Waals surface area contributed by atoms with Gasteiger partial charge in [0, 0.05) is 24.7 Å². The highest BCUT2D eigenvalue weighted by molar-refractivity contribution is 5.69. The van der Waals surface area contributed by atoms with Gasteiger partial charge in [-0.25, -0.2) is 4.98 Å². The molecule has 3 aromatic rings. The van der Waals surface area contributed by atoms with Crippen LogP contribution in [-0.4, -0.2) is 9.55 Å². The van der Waals surface area contributed by atoms with Crippen LogP contribution in [-0.2, 0) is 13.0 Å². The van der Waals surface area contributed by atoms with E-state index in [1.165, 1.54) is 40.9 Å². The van der Waals surface area contributed by atoms with Crippen LogP contribution >= 0.6 is 0 Å². The number of benzene rings is 2. The zero-order chi connectivity index (χ0) is 14.9. The largest absolute Gasteiger partial charge is 0.334 e. The molecule has 0 N–H and O–H groups in total. The highest BCUT2D eigenvalue weighted by Crippen LogP contribution is 2.26. The standard InChI is InChI=1S/C20H20N2/c1-15-5-4-6-18(13-15)16-8-10-17(11-9-16)19-14-22-12-3-2-7-20(22)21-19/h4-6,8-11,13-14H,2-3,7,12H2,1H3. The van der Waals surface area contributed by atoms with Crippen molar-refractivity contribution in [2.45, 2.75) is 32.7 Å². The zero-order valence-electron chi connectivity index (χ0n) is 12.9. The van der Waals surface area contributed by atoms with Gasteiger partial charge in [0.15, 0.2) is 0 Å². The molecule has 0 aliphatic carbocycles. The third kappa shape index (κ3) is 2.45. The van der Waals surface area contributed by atoms with Gasteiger partial charge in [0.2, 0.25) is 0 Å². The van der Waals surface area contributed by atoms with Crippen LogP contribution in [0.25, 0.3) is 22.4 Å². The van der Waals surface area contributed by atoms with Gasteiger partial charge >= 0.3 is 0 Å². The Hall–Kier alpha value is -2.35. The fraction of sp³-hybridized carbons (Fsp3) is 0.250. The number of aromatic nitrogens is 2. The predicted molar refractivity (Wildman–Crippen MR) is 90.8 cm³/mol. The van der Waals surface area contributed by atoms with Crippen molar-refractivity contribution in [2.75, 3.05) is 0 Å². The second-order valence-electron chi connectivity index (χ2n) is 6.14. The smallest absolute Gasteiger partial charge is 0.109 e. The van der Waals surface area contributed by atoms with E-state index in [0.717, 1.165) is 18.7 Å². The lowest BCUT2D eigenvalue weighted by Crippen LogP contribution is -2.08. The Kier molecular flexibility index (Phi) is 3.30. The van der Waals surface area contributed by atoms with Gasteiger partial charge < -0.3 is 4.57 Å². The van der Waals surface area contributed by atoms with Crippen LogP contribution in [0.2, 0.25) is 0 Å². The van der Waals surface area contributed by atoms with Gasteiger partial charge in [0.25, 0.3) is 0 Å². The van der Waals surface area contributed by atoms with E-state index < -0.39 is 0 Å². The average Bonchev–Trinajstić information content (AvgIpc) is 2.99. The Morgan fingerprint density at radius 3 is 2.50 bits per heavy atom. The minimum atomic E-state index is 1.10. The fourth-order valence-corrected chi connectivity index (χ4v) is 3.21. The maximum absolute atomic E-state index is 4.80. The van der Waals surface area contributed by atoms with Gasteiger partial charge in [0.1, 0.15) is 5.82 Å². The molecule has 2 nitrogen and oxygen atoms in total. The molecule has 0 unspecified atom stereocenters. The van der Waals surface area contributed by atoms with Crippen molar-refractivity contribution in [3.63, 3.8) is 0 Å². The summed E-state index contributed by atoms with van der Waals surface area (Å²) < 4.78 is 2.31. The lowest BCUT2D eigenvalue weighted by atomic mass is 10.0. The lowest BCUT2D eigenvalue weighted by Gasteiger charge is -2.11. The monoisotopic (exact) mass is 288 g/mol. The molecule has 1 aromatic heterocycles. The van der Waals surface area contributed by atoms with Gasteiger partial charge in [-0.15, -0.1) is 0 Å². The number of hydrogen-bond acceptors (Lipinski definition) is 1. The van der Waals surface area contributed by atoms with Crippen LogP contribution in [0, 0.1) is 6.92 Å². The Balaban J connectivity index is 1.65. The van der Waals surface area contributed by atoms with Gasteiger partial charge in [-0.3, -0.25) is 0 Å². The Morgan fingerprint density at radius 1 is 0.909 bits per heavy atom. The molecule has 0 radical (unpaired) electrons. The molecule has 1 aliphatic rings. The summed E-state index contributed by atoms with van der Waals surface area (Å²) >= 11 is 0. The summed E-state index contributed by atoms with van der Waals surface area (Å²) in [6, 6.07) is 17.4. The minimum absolute atomic E-state index is 1.10. The molecule has 0 amide bonds. The fourth-order valence-electron chi connectivity index (χ4n) is 3.21. The molecule has 0 fully saturated rings. The van der Waals surface area contributed by atoms with E-state index in [-0.39, 0.29) is 0 Å². The van der Waals surface area contributed by atoms with Crippen molar-refractivity contribution < 1.29 is 0 Å². The quantitative estimate of drug-likeness (QED) is 0.658. The molecular formula is C20H20N2. The molecular weight excluding hydrogens is 268 g/mol. The summed E-state index contributed by atoms with van der Waals surface area (Å²) in [6.07, 6.45) is 5.86. The molecule has 2 heteroatoms. The first-order valence-electron chi connectivity index (χ1n) is 8.03. The number of aryl methyl sites for hydroxylation is 3. The Morgan fingerprint density at radius 2 is 1.73 bits per heavy atom. The van der Waals surface area contributed by atoms with Crippen LogP contribution in [0.4, 0.5) is 0 Å². The molecule has 0 atom stereocenters. The molecule has 0 saturated heterocycles. The number of hydrogen-bond donors (Lipinski definition) is 0. The predicted octanol–water partition coefficient (Wildman–Crippen LogP) is 4.86. The third-order valence-electron chi connectivity index (χ3n) is 4.44. The van der Waals surface area contributed by atoms with E-state index in [0.29, 0.717) is 0 Å². The topological polar surface area (TPSA) is 17.8 Å². The molecule has 2 aromatic carbocycles. The van der Waals surface area contributed by atoms with Gasteiger partial charge in [-0.2, -0.15) is 0 Å². The summed E-state index contributed by atoms with van der Waals surface area (Å²) in [6.45, 7) is 3.25. The first kappa shape index (κ1) is 13.3. The van der Waals surface area contributed by atoms with Crippen LogP contribution in [0.3, 0.4) is 0 Å². The number of fused-ring (bicyclic) bond motifs is 1. The maximum atomic E-state index is 4.80. The van der Waals surface area contributed by atoms with E-state index in [2.05, 4.69) is 66.2 Å². The third-order valence-corrected chi connectivity index (χ3v) is 4.44. The summed E-state index contributed by atoms with van der Waals surface area (Å²) in [5.41, 5.74) is 6.14. The normalized spacial score (nSPS) is 13.9. The molecule has 0 spiro atoms. The van der Waals surface area contributed by atoms with Crippen LogP contribution < -0.4 is 0 Å². The van der Waals surface area contributed by atoms with E-state index in [9.17, 15) is 0 Å². The second kappa shape index (κ2) is 5.45. The van der Waals surface area contributed by atoms with Gasteiger partial charge in [-0.1, -0.05) is 54.1 Å². The Bertz CT molecular complexity index is 773. The highest BCUT2D eigenvalue weighted by Gasteiger charge is 2.13. The molecule has 0 saturated carbocycles. The first-order chi connectivity index (χ1) is 10.8. The van der Waals surface area contributed by atoms with Gasteiger partial charge in [-0.05, 0) is 30.9 Å². The van der Waals surface area contributed by atoms with E-state index in [1.54, 1.807) is 0 Å². The molecule has 110 valence electrons. The van der Waals surface area contributed by atoms with E-state index >= 15 is 0 Å². The van der Waals surface area contributed by atoms with Crippen molar-refractivity contribution in [2.24, 2.45) is 0 Å². The van der Waals surface area contributed by atoms with Crippen LogP contribution in [0.15, 0.2) is 54.7 Å². The maximum Gasteiger partial charge on any atom is 0.109 e. The average molecular weight is 288 g/mol. The zero-order valence-corrected chi connectivity index (χ0v) is 12.9. The minimum Gasteiger partial charge on any atom is -0.334 e. The van der Waals surface area contributed by atoms with E-state index in [1.807, 2.05) is 0 Å². The van der Waals surface area contributed by atoms with Crippen molar-refractivity contribution in [3.05, 3.63) is 66.1 Å². The van der Waals surface area contributed by atoms with Crippen molar-refractivity contribution >= 4 is 0 Å². The molecule has 0 bridgehead atoms. The lowest BCUT2D eigenvalue weighted by molar-refractivity contribution is 0.522. The number of nitrogens with zero attached hydrogens (tertiary/aromatic N) is 2. The van der Waals surface area contributed by atoms with Crippen molar-refractivity contribution in [1.82, 2.24) is 9.55 Å². The summed E-state index contributed by atoms with van der Waals surface area (Å²) in [7, 11) is 0. The summed E-state index contributed by atoms with van der Waals surface area (Å²) in [5, 5.41) is 0. The first-order valence-corrected chi connectivity index (χ1v) is 8.03. The summed E-state index contributed by atoms with van der Waals surface area (Å²) in [4.78, 5) is 4.80. The number of imidazole rings is 1. The highest BCUT2D eigenvalue weighted by atomic mass is 15.1. The Labute approximate surface area is 131 Å². The van der Waals surface area contributed by atoms with Crippen molar-refractivity contribution in [1.29, 1.82) is 0 Å². The summed E-state index contributed by atoms with van der Waals surface area (Å²) in [5.74, 6) is 1.24. The molecule has 2 heterocycles. The number of rotatable bonds is 2. The van der Waals surface area contributed by atoms with Crippen LogP contribution in [0.5, 0.6) is 0 Å².